The van der Waals surface area contributed by atoms with Crippen molar-refractivity contribution in [3.8, 4) is 11.8 Å². The molecule has 0 saturated heterocycles. The van der Waals surface area contributed by atoms with Gasteiger partial charge in [-0.25, -0.2) is 0 Å². The van der Waals surface area contributed by atoms with Crippen LogP contribution in [0.5, 0.6) is 5.75 Å². The summed E-state index contributed by atoms with van der Waals surface area (Å²) in [5.41, 5.74) is 1.48. The minimum absolute atomic E-state index is 0.526. The molecular formula is C11H12N2O. The van der Waals surface area contributed by atoms with Gasteiger partial charge in [-0.1, -0.05) is 6.07 Å². The highest BCUT2D eigenvalue weighted by Gasteiger charge is 2.23. The molecule has 0 atom stereocenters. The van der Waals surface area contributed by atoms with Crippen molar-refractivity contribution in [1.82, 2.24) is 0 Å². The zero-order valence-corrected chi connectivity index (χ0v) is 8.08. The quantitative estimate of drug-likeness (QED) is 0.790. The molecule has 1 N–H and O–H groups in total. The number of hydrogen-bond donors (Lipinski definition) is 1. The Morgan fingerprint density at radius 2 is 2.29 bits per heavy atom. The fraction of sp³-hybridized carbons (Fsp3) is 0.364. The summed E-state index contributed by atoms with van der Waals surface area (Å²) in [7, 11) is 1.62. The molecule has 0 bridgehead atoms. The second-order valence-corrected chi connectivity index (χ2v) is 3.41. The van der Waals surface area contributed by atoms with E-state index in [-0.39, 0.29) is 0 Å². The van der Waals surface area contributed by atoms with Crippen LogP contribution in [0.25, 0.3) is 0 Å². The van der Waals surface area contributed by atoms with Crippen molar-refractivity contribution >= 4 is 5.69 Å². The number of nitriles is 1. The Morgan fingerprint density at radius 3 is 2.86 bits per heavy atom. The van der Waals surface area contributed by atoms with Crippen LogP contribution >= 0.6 is 0 Å². The fourth-order valence-corrected chi connectivity index (χ4v) is 1.38. The van der Waals surface area contributed by atoms with Crippen LogP contribution in [0.3, 0.4) is 0 Å². The van der Waals surface area contributed by atoms with Gasteiger partial charge in [0.1, 0.15) is 11.8 Å². The van der Waals surface area contributed by atoms with Crippen molar-refractivity contribution < 1.29 is 4.74 Å². The summed E-state index contributed by atoms with van der Waals surface area (Å²) in [5.74, 6) is 0.746. The number of nitrogens with zero attached hydrogens (tertiary/aromatic N) is 1. The van der Waals surface area contributed by atoms with Gasteiger partial charge in [-0.3, -0.25) is 0 Å². The molecule has 14 heavy (non-hydrogen) atoms. The van der Waals surface area contributed by atoms with Crippen molar-refractivity contribution in [3.05, 3.63) is 23.8 Å². The van der Waals surface area contributed by atoms with Crippen LogP contribution in [0.4, 0.5) is 5.69 Å². The number of nitrogens with one attached hydrogen (secondary N) is 1. The van der Waals surface area contributed by atoms with E-state index in [1.165, 1.54) is 12.8 Å². The van der Waals surface area contributed by atoms with Gasteiger partial charge in [0, 0.05) is 6.04 Å². The highest BCUT2D eigenvalue weighted by molar-refractivity contribution is 5.67. The minimum atomic E-state index is 0.526. The lowest BCUT2D eigenvalue weighted by Crippen LogP contribution is -2.04. The van der Waals surface area contributed by atoms with Crippen LogP contribution in [0.15, 0.2) is 18.2 Å². The first-order valence-electron chi connectivity index (χ1n) is 4.69. The van der Waals surface area contributed by atoms with E-state index < -0.39 is 0 Å². The van der Waals surface area contributed by atoms with Crippen LogP contribution < -0.4 is 10.1 Å². The largest absolute Gasteiger partial charge is 0.495 e. The van der Waals surface area contributed by atoms with Gasteiger partial charge in [0.05, 0.1) is 18.4 Å². The Kier molecular flexibility index (Phi) is 2.28. The average Bonchev–Trinajstić information content (AvgIpc) is 3.02. The molecule has 72 valence electrons. The summed E-state index contributed by atoms with van der Waals surface area (Å²) in [6, 6.07) is 8.18. The van der Waals surface area contributed by atoms with E-state index in [1.54, 1.807) is 13.2 Å². The third-order valence-corrected chi connectivity index (χ3v) is 2.29. The summed E-state index contributed by atoms with van der Waals surface area (Å²) in [6.45, 7) is 0. The van der Waals surface area contributed by atoms with Gasteiger partial charge in [0.25, 0.3) is 0 Å². The van der Waals surface area contributed by atoms with E-state index in [2.05, 4.69) is 11.4 Å². The van der Waals surface area contributed by atoms with Crippen molar-refractivity contribution in [3.63, 3.8) is 0 Å². The number of ether oxygens (including phenoxy) is 1. The number of rotatable bonds is 3. The monoisotopic (exact) mass is 188 g/mol. The van der Waals surface area contributed by atoms with Gasteiger partial charge in [-0.2, -0.15) is 5.26 Å². The van der Waals surface area contributed by atoms with Crippen molar-refractivity contribution in [2.24, 2.45) is 0 Å². The van der Waals surface area contributed by atoms with Gasteiger partial charge in [-0.15, -0.1) is 0 Å². The first-order valence-corrected chi connectivity index (χ1v) is 4.69. The lowest BCUT2D eigenvalue weighted by molar-refractivity contribution is 0.416. The minimum Gasteiger partial charge on any atom is -0.495 e. The summed E-state index contributed by atoms with van der Waals surface area (Å²) >= 11 is 0. The summed E-state index contributed by atoms with van der Waals surface area (Å²) in [4.78, 5) is 0. The second kappa shape index (κ2) is 3.59. The van der Waals surface area contributed by atoms with Gasteiger partial charge in [-0.05, 0) is 25.0 Å². The zero-order chi connectivity index (χ0) is 9.97. The van der Waals surface area contributed by atoms with Crippen molar-refractivity contribution in [2.45, 2.75) is 18.9 Å². The molecule has 0 spiro atoms. The topological polar surface area (TPSA) is 45.0 Å². The van der Waals surface area contributed by atoms with Gasteiger partial charge < -0.3 is 10.1 Å². The second-order valence-electron chi connectivity index (χ2n) is 3.41. The number of anilines is 1. The van der Waals surface area contributed by atoms with Crippen LogP contribution in [-0.4, -0.2) is 13.2 Å². The Hall–Kier alpha value is -1.69. The molecule has 0 aliphatic heterocycles. The molecule has 1 aromatic rings. The smallest absolute Gasteiger partial charge is 0.143 e. The normalized spacial score (nSPS) is 14.6. The Balaban J connectivity index is 2.35. The predicted molar refractivity (Wildman–Crippen MR) is 54.4 cm³/mol. The Bertz CT molecular complexity index is 377. The van der Waals surface area contributed by atoms with Crippen LogP contribution in [0.1, 0.15) is 18.4 Å². The molecular weight excluding hydrogens is 176 g/mol. The van der Waals surface area contributed by atoms with E-state index in [4.69, 9.17) is 10.00 Å². The molecule has 1 aliphatic carbocycles. The third kappa shape index (κ3) is 1.64. The third-order valence-electron chi connectivity index (χ3n) is 2.29. The highest BCUT2D eigenvalue weighted by atomic mass is 16.5. The van der Waals surface area contributed by atoms with E-state index in [0.29, 0.717) is 11.6 Å². The van der Waals surface area contributed by atoms with Crippen LogP contribution in [-0.2, 0) is 0 Å². The van der Waals surface area contributed by atoms with Crippen LogP contribution in [0.2, 0.25) is 0 Å². The Morgan fingerprint density at radius 1 is 1.50 bits per heavy atom. The van der Waals surface area contributed by atoms with Crippen molar-refractivity contribution in [1.29, 1.82) is 5.26 Å². The standard InChI is InChI=1S/C11H12N2O/c1-14-10-4-2-3-8(7-12)11(10)13-9-5-6-9/h2-4,9,13H,5-6H2,1H3. The number of methoxy groups -OCH3 is 1. The molecule has 0 unspecified atom stereocenters. The predicted octanol–water partition coefficient (Wildman–Crippen LogP) is 2.14. The summed E-state index contributed by atoms with van der Waals surface area (Å²) in [6.07, 6.45) is 2.37. The summed E-state index contributed by atoms with van der Waals surface area (Å²) in [5, 5.41) is 12.2. The molecule has 0 aromatic heterocycles. The lowest BCUT2D eigenvalue weighted by atomic mass is 10.2. The maximum absolute atomic E-state index is 8.93. The SMILES string of the molecule is COc1cccc(C#N)c1NC1CC1. The highest BCUT2D eigenvalue weighted by Crippen LogP contribution is 2.33. The van der Waals surface area contributed by atoms with E-state index in [9.17, 15) is 0 Å². The molecule has 0 heterocycles. The van der Waals surface area contributed by atoms with Crippen LogP contribution in [0, 0.1) is 11.3 Å². The first kappa shape index (κ1) is 8.89. The number of benzene rings is 1. The molecule has 1 aliphatic rings. The van der Waals surface area contributed by atoms with Crippen molar-refractivity contribution in [2.75, 3.05) is 12.4 Å². The average molecular weight is 188 g/mol. The number of hydrogen-bond acceptors (Lipinski definition) is 3. The van der Waals surface area contributed by atoms with Gasteiger partial charge in [0.15, 0.2) is 0 Å². The lowest BCUT2D eigenvalue weighted by Gasteiger charge is -2.11. The van der Waals surface area contributed by atoms with Gasteiger partial charge in [0.2, 0.25) is 0 Å². The van der Waals surface area contributed by atoms with E-state index in [1.807, 2.05) is 12.1 Å². The molecule has 3 heteroatoms. The molecule has 1 fully saturated rings. The molecule has 0 radical (unpaired) electrons. The zero-order valence-electron chi connectivity index (χ0n) is 8.08. The first-order chi connectivity index (χ1) is 6.85. The Labute approximate surface area is 83.3 Å². The number of para-hydroxylation sites is 1. The van der Waals surface area contributed by atoms with Gasteiger partial charge >= 0.3 is 0 Å². The molecule has 1 aromatic carbocycles. The maximum Gasteiger partial charge on any atom is 0.143 e. The maximum atomic E-state index is 8.93. The summed E-state index contributed by atoms with van der Waals surface area (Å²) < 4.78 is 5.20. The fourth-order valence-electron chi connectivity index (χ4n) is 1.38. The molecule has 1 saturated carbocycles. The van der Waals surface area contributed by atoms with E-state index >= 15 is 0 Å². The molecule has 3 nitrogen and oxygen atoms in total. The van der Waals surface area contributed by atoms with E-state index in [0.717, 1.165) is 11.4 Å². The molecule has 2 rings (SSSR count). The molecule has 0 amide bonds.